The number of nitrogens with zero attached hydrogens (tertiary/aromatic N) is 3. The molecule has 1 fully saturated rings. The van der Waals surface area contributed by atoms with Crippen LogP contribution in [0.25, 0.3) is 11.8 Å². The Morgan fingerprint density at radius 3 is 2.91 bits per heavy atom. The number of aryl methyl sites for hydroxylation is 1. The maximum Gasteiger partial charge on any atom is 0.250 e. The first-order chi connectivity index (χ1) is 16.0. The van der Waals surface area contributed by atoms with E-state index in [1.807, 2.05) is 46.9 Å². The van der Waals surface area contributed by atoms with E-state index in [0.29, 0.717) is 37.5 Å². The Kier molecular flexibility index (Phi) is 5.62. The summed E-state index contributed by atoms with van der Waals surface area (Å²) in [5.74, 6) is 1.05. The van der Waals surface area contributed by atoms with Crippen molar-refractivity contribution in [3.8, 4) is 17.2 Å². The van der Waals surface area contributed by atoms with Gasteiger partial charge in [0.25, 0.3) is 0 Å². The van der Waals surface area contributed by atoms with Gasteiger partial charge in [-0.1, -0.05) is 6.07 Å². The minimum Gasteiger partial charge on any atom is -0.495 e. The van der Waals surface area contributed by atoms with E-state index in [-0.39, 0.29) is 17.8 Å². The highest BCUT2D eigenvalue weighted by molar-refractivity contribution is 5.99. The predicted molar refractivity (Wildman–Crippen MR) is 123 cm³/mol. The molecule has 0 spiro atoms. The fourth-order valence-electron chi connectivity index (χ4n) is 4.69. The van der Waals surface area contributed by atoms with Crippen LogP contribution in [0.15, 0.2) is 54.5 Å². The number of benzene rings is 2. The third-order valence-electron chi connectivity index (χ3n) is 6.27. The molecule has 3 aromatic rings. The van der Waals surface area contributed by atoms with Crippen LogP contribution in [0.2, 0.25) is 0 Å². The highest BCUT2D eigenvalue weighted by Crippen LogP contribution is 2.39. The van der Waals surface area contributed by atoms with E-state index in [4.69, 9.17) is 9.47 Å². The third kappa shape index (κ3) is 4.11. The molecule has 0 aliphatic carbocycles. The van der Waals surface area contributed by atoms with Crippen LogP contribution >= 0.6 is 0 Å². The normalized spacial score (nSPS) is 19.4. The third-order valence-corrected chi connectivity index (χ3v) is 6.27. The molecule has 0 radical (unpaired) electrons. The second kappa shape index (κ2) is 8.73. The van der Waals surface area contributed by atoms with Gasteiger partial charge in [-0.05, 0) is 61.7 Å². The van der Waals surface area contributed by atoms with E-state index in [1.54, 1.807) is 19.5 Å². The first-order valence-electron chi connectivity index (χ1n) is 11.2. The Hall–Kier alpha value is -3.61. The summed E-state index contributed by atoms with van der Waals surface area (Å²) in [5.41, 5.74) is 4.20. The highest BCUT2D eigenvalue weighted by Gasteiger charge is 2.34. The number of amides is 1. The monoisotopic (exact) mass is 447 g/mol. The number of hydrogen-bond acceptors (Lipinski definition) is 4. The quantitative estimate of drug-likeness (QED) is 0.536. The van der Waals surface area contributed by atoms with Gasteiger partial charge in [0.05, 0.1) is 37.5 Å². The van der Waals surface area contributed by atoms with Gasteiger partial charge in [0.2, 0.25) is 5.91 Å². The van der Waals surface area contributed by atoms with Crippen LogP contribution in [0.4, 0.5) is 4.39 Å². The van der Waals surface area contributed by atoms with E-state index in [2.05, 4.69) is 4.98 Å². The second-order valence-corrected chi connectivity index (χ2v) is 8.46. The second-order valence-electron chi connectivity index (χ2n) is 8.46. The molecular weight excluding hydrogens is 421 g/mol. The van der Waals surface area contributed by atoms with Crippen molar-refractivity contribution in [2.75, 3.05) is 20.3 Å². The molecule has 170 valence electrons. The summed E-state index contributed by atoms with van der Waals surface area (Å²) >= 11 is 0. The molecule has 2 aromatic carbocycles. The Bertz CT molecular complexity index is 1230. The number of fused-ring (bicyclic) bond motifs is 1. The molecule has 1 amide bonds. The molecule has 1 aromatic heterocycles. The number of aromatic nitrogens is 2. The number of halogens is 1. The fourth-order valence-corrected chi connectivity index (χ4v) is 4.69. The number of carbonyl (C=O) groups is 1. The topological polar surface area (TPSA) is 56.6 Å². The van der Waals surface area contributed by atoms with Crippen LogP contribution in [-0.4, -0.2) is 40.6 Å². The maximum absolute atomic E-state index is 13.9. The lowest BCUT2D eigenvalue weighted by molar-refractivity contribution is -0.131. The van der Waals surface area contributed by atoms with Gasteiger partial charge in [0.1, 0.15) is 17.3 Å². The zero-order valence-corrected chi connectivity index (χ0v) is 18.8. The minimum absolute atomic E-state index is 0.00311. The van der Waals surface area contributed by atoms with Crippen molar-refractivity contribution < 1.29 is 18.7 Å². The number of rotatable bonds is 4. The molecule has 0 N–H and O–H groups in total. The van der Waals surface area contributed by atoms with E-state index in [1.165, 1.54) is 12.1 Å². The summed E-state index contributed by atoms with van der Waals surface area (Å²) < 4.78 is 27.2. The largest absolute Gasteiger partial charge is 0.495 e. The Morgan fingerprint density at radius 2 is 2.12 bits per heavy atom. The predicted octanol–water partition coefficient (Wildman–Crippen LogP) is 4.86. The van der Waals surface area contributed by atoms with Gasteiger partial charge in [-0.3, -0.25) is 4.79 Å². The molecule has 0 bridgehead atoms. The molecule has 1 saturated heterocycles. The molecule has 5 rings (SSSR count). The number of ether oxygens (including phenoxy) is 2. The van der Waals surface area contributed by atoms with Crippen molar-refractivity contribution >= 4 is 12.0 Å². The lowest BCUT2D eigenvalue weighted by Crippen LogP contribution is -2.41. The molecule has 7 heteroatoms. The molecule has 3 heterocycles. The molecule has 0 saturated carbocycles. The van der Waals surface area contributed by atoms with Gasteiger partial charge >= 0.3 is 0 Å². The van der Waals surface area contributed by atoms with E-state index < -0.39 is 0 Å². The first-order valence-corrected chi connectivity index (χ1v) is 11.2. The summed E-state index contributed by atoms with van der Waals surface area (Å²) in [4.78, 5) is 19.6. The van der Waals surface area contributed by atoms with Crippen LogP contribution in [0, 0.1) is 12.7 Å². The molecular formula is C26H26FN3O3. The lowest BCUT2D eigenvalue weighted by atomic mass is 9.93. The van der Waals surface area contributed by atoms with Gasteiger partial charge in [-0.2, -0.15) is 0 Å². The Labute approximate surface area is 192 Å². The molecule has 1 atom stereocenters. The van der Waals surface area contributed by atoms with Crippen LogP contribution < -0.4 is 9.47 Å². The van der Waals surface area contributed by atoms with Crippen LogP contribution in [0.5, 0.6) is 11.5 Å². The maximum atomic E-state index is 13.9. The number of likely N-dealkylation sites (tertiary alicyclic amines) is 1. The fraction of sp³-hybridized carbons (Fsp3) is 0.308. The average molecular weight is 448 g/mol. The van der Waals surface area contributed by atoms with Crippen LogP contribution in [0.3, 0.4) is 0 Å². The van der Waals surface area contributed by atoms with E-state index in [9.17, 15) is 9.18 Å². The summed E-state index contributed by atoms with van der Waals surface area (Å²) in [6, 6.07) is 10.2. The summed E-state index contributed by atoms with van der Waals surface area (Å²) in [6.45, 7) is 3.10. The number of imidazole rings is 1. The van der Waals surface area contributed by atoms with Crippen molar-refractivity contribution in [1.29, 1.82) is 0 Å². The van der Waals surface area contributed by atoms with Crippen molar-refractivity contribution in [3.05, 3.63) is 77.1 Å². The van der Waals surface area contributed by atoms with E-state index in [0.717, 1.165) is 34.5 Å². The van der Waals surface area contributed by atoms with Gasteiger partial charge in [0, 0.05) is 30.3 Å². The Balaban J connectivity index is 1.43. The highest BCUT2D eigenvalue weighted by atomic mass is 19.1. The number of piperidine rings is 1. The van der Waals surface area contributed by atoms with Crippen LogP contribution in [0.1, 0.15) is 42.1 Å². The molecule has 6 nitrogen and oxygen atoms in total. The lowest BCUT2D eigenvalue weighted by Gasteiger charge is -2.38. The SMILES string of the molecule is COc1cc(C=C2CCCN([C@@H]3CCOc4ccc(F)cc43)C2=O)ccc1-n1cnc(C)c1. The van der Waals surface area contributed by atoms with E-state index >= 15 is 0 Å². The molecule has 33 heavy (non-hydrogen) atoms. The summed E-state index contributed by atoms with van der Waals surface area (Å²) in [7, 11) is 1.63. The standard InChI is InChI=1S/C26H26FN3O3/c1-17-15-29(16-28-17)23-7-5-18(13-25(23)32-2)12-19-4-3-10-30(26(19)31)22-9-11-33-24-8-6-20(27)14-21(22)24/h5-8,12-16,22H,3-4,9-11H2,1-2H3/t22-/m1/s1. The molecule has 2 aliphatic rings. The van der Waals surface area contributed by atoms with Crippen molar-refractivity contribution in [1.82, 2.24) is 14.5 Å². The first kappa shape index (κ1) is 21.2. The molecule has 0 unspecified atom stereocenters. The Morgan fingerprint density at radius 1 is 1.24 bits per heavy atom. The summed E-state index contributed by atoms with van der Waals surface area (Å²) in [6.07, 6.45) is 7.85. The van der Waals surface area contributed by atoms with Gasteiger partial charge < -0.3 is 18.9 Å². The zero-order chi connectivity index (χ0) is 22.9. The number of methoxy groups -OCH3 is 1. The smallest absolute Gasteiger partial charge is 0.250 e. The van der Waals surface area contributed by atoms with Crippen molar-refractivity contribution in [2.24, 2.45) is 0 Å². The summed E-state index contributed by atoms with van der Waals surface area (Å²) in [5, 5.41) is 0. The number of hydrogen-bond donors (Lipinski definition) is 0. The zero-order valence-electron chi connectivity index (χ0n) is 18.8. The van der Waals surface area contributed by atoms with Crippen molar-refractivity contribution in [2.45, 2.75) is 32.2 Å². The van der Waals surface area contributed by atoms with Gasteiger partial charge in [-0.15, -0.1) is 0 Å². The van der Waals surface area contributed by atoms with Crippen LogP contribution in [-0.2, 0) is 4.79 Å². The van der Waals surface area contributed by atoms with Gasteiger partial charge in [0.15, 0.2) is 0 Å². The van der Waals surface area contributed by atoms with Gasteiger partial charge in [-0.25, -0.2) is 9.37 Å². The minimum atomic E-state index is -0.315. The van der Waals surface area contributed by atoms with Crippen molar-refractivity contribution in [3.63, 3.8) is 0 Å². The molecule has 2 aliphatic heterocycles. The average Bonchev–Trinajstić information content (AvgIpc) is 3.26. The number of carbonyl (C=O) groups excluding carboxylic acids is 1.